The van der Waals surface area contributed by atoms with Crippen molar-refractivity contribution in [1.29, 1.82) is 0 Å². The largest absolute Gasteiger partial charge is 0.405 e. The van der Waals surface area contributed by atoms with E-state index in [1.807, 2.05) is 10.00 Å². The Labute approximate surface area is 190 Å². The summed E-state index contributed by atoms with van der Waals surface area (Å²) in [7, 11) is 0. The maximum atomic E-state index is 12.4. The molecule has 180 valence electrons. The molecule has 2 unspecified atom stereocenters. The Balaban J connectivity index is 1.76. The average Bonchev–Trinajstić information content (AvgIpc) is 3.16. The lowest BCUT2D eigenvalue weighted by atomic mass is 9.83. The maximum absolute atomic E-state index is 12.4. The molecular weight excluding hydrogens is 435 g/mol. The van der Waals surface area contributed by atoms with Crippen molar-refractivity contribution in [3.63, 3.8) is 0 Å². The van der Waals surface area contributed by atoms with Gasteiger partial charge in [0, 0.05) is 11.9 Å². The van der Waals surface area contributed by atoms with Crippen LogP contribution in [0.3, 0.4) is 0 Å². The third-order valence-electron chi connectivity index (χ3n) is 6.29. The molecule has 1 fully saturated rings. The van der Waals surface area contributed by atoms with E-state index in [-0.39, 0.29) is 11.6 Å². The third kappa shape index (κ3) is 5.85. The van der Waals surface area contributed by atoms with Crippen LogP contribution in [0.2, 0.25) is 0 Å². The first-order valence-corrected chi connectivity index (χ1v) is 11.0. The van der Waals surface area contributed by atoms with Crippen LogP contribution in [0.1, 0.15) is 68.4 Å². The summed E-state index contributed by atoms with van der Waals surface area (Å²) in [6, 6.07) is 6.87. The molecule has 1 heterocycles. The number of nitrogens with two attached hydrogens (primary N) is 1. The van der Waals surface area contributed by atoms with Crippen molar-refractivity contribution in [3.05, 3.63) is 41.6 Å². The van der Waals surface area contributed by atoms with Crippen molar-refractivity contribution in [1.82, 2.24) is 15.1 Å². The van der Waals surface area contributed by atoms with Crippen molar-refractivity contribution in [2.24, 2.45) is 11.7 Å². The Morgan fingerprint density at radius 1 is 1.15 bits per heavy atom. The number of aromatic nitrogens is 2. The Morgan fingerprint density at radius 2 is 1.79 bits per heavy atom. The molecule has 2 aromatic rings. The van der Waals surface area contributed by atoms with Crippen molar-refractivity contribution in [2.45, 2.75) is 64.1 Å². The van der Waals surface area contributed by atoms with Gasteiger partial charge in [-0.05, 0) is 50.3 Å². The number of alkyl halides is 3. The Morgan fingerprint density at radius 3 is 2.36 bits per heavy atom. The standard InChI is InChI=1S/C23H30F3N5O2/c1-14-6-4-5-7-18(14)31-12-17(19(27)32)20(30-31)29-16-10-8-15(9-11-16)22(2,3)21(33)28-13-23(24,25)26/h8-12,14,18H,4-7,13H2,1-3H3,(H2,27,32)(H,28,33)(H,29,30). The van der Waals surface area contributed by atoms with Gasteiger partial charge in [-0.2, -0.15) is 18.3 Å². The summed E-state index contributed by atoms with van der Waals surface area (Å²) in [5.41, 5.74) is 5.83. The van der Waals surface area contributed by atoms with Gasteiger partial charge in [-0.25, -0.2) is 0 Å². The zero-order valence-corrected chi connectivity index (χ0v) is 19.0. The number of benzene rings is 1. The van der Waals surface area contributed by atoms with Gasteiger partial charge in [0.2, 0.25) is 5.91 Å². The lowest BCUT2D eigenvalue weighted by Gasteiger charge is -2.28. The number of amides is 2. The molecule has 33 heavy (non-hydrogen) atoms. The van der Waals surface area contributed by atoms with Gasteiger partial charge >= 0.3 is 6.18 Å². The van der Waals surface area contributed by atoms with Gasteiger partial charge in [0.05, 0.1) is 11.5 Å². The summed E-state index contributed by atoms with van der Waals surface area (Å²) in [6.45, 7) is 3.90. The van der Waals surface area contributed by atoms with Gasteiger partial charge in [0.1, 0.15) is 12.1 Å². The zero-order chi connectivity index (χ0) is 24.4. The minimum absolute atomic E-state index is 0.200. The highest BCUT2D eigenvalue weighted by molar-refractivity contribution is 5.98. The minimum Gasteiger partial charge on any atom is -0.365 e. The number of anilines is 2. The SMILES string of the molecule is CC1CCCCC1n1cc(C(N)=O)c(Nc2ccc(C(C)(C)C(=O)NCC(F)(F)F)cc2)n1. The van der Waals surface area contributed by atoms with Crippen molar-refractivity contribution < 1.29 is 22.8 Å². The number of nitrogens with one attached hydrogen (secondary N) is 2. The topological polar surface area (TPSA) is 102 Å². The quantitative estimate of drug-likeness (QED) is 0.563. The van der Waals surface area contributed by atoms with E-state index in [1.165, 1.54) is 6.42 Å². The summed E-state index contributed by atoms with van der Waals surface area (Å²) < 4.78 is 39.1. The summed E-state index contributed by atoms with van der Waals surface area (Å²) in [5, 5.41) is 9.61. The molecule has 3 rings (SSSR count). The van der Waals surface area contributed by atoms with Gasteiger partial charge in [-0.15, -0.1) is 0 Å². The molecule has 1 aromatic carbocycles. The van der Waals surface area contributed by atoms with E-state index in [2.05, 4.69) is 17.3 Å². The first kappa shape index (κ1) is 24.6. The number of rotatable bonds is 7. The zero-order valence-electron chi connectivity index (χ0n) is 19.0. The van der Waals surface area contributed by atoms with E-state index in [0.717, 1.165) is 19.3 Å². The van der Waals surface area contributed by atoms with Crippen LogP contribution >= 0.6 is 0 Å². The molecule has 10 heteroatoms. The summed E-state index contributed by atoms with van der Waals surface area (Å²) >= 11 is 0. The van der Waals surface area contributed by atoms with E-state index in [0.29, 0.717) is 23.0 Å². The highest BCUT2D eigenvalue weighted by Crippen LogP contribution is 2.34. The molecular formula is C23H30F3N5O2. The molecule has 2 amide bonds. The third-order valence-corrected chi connectivity index (χ3v) is 6.29. The number of primary amides is 1. The Bertz CT molecular complexity index is 999. The van der Waals surface area contributed by atoms with Gasteiger partial charge in [-0.3, -0.25) is 14.3 Å². The molecule has 0 saturated heterocycles. The molecule has 0 aliphatic heterocycles. The van der Waals surface area contributed by atoms with Crippen molar-refractivity contribution >= 4 is 23.3 Å². The molecule has 7 nitrogen and oxygen atoms in total. The van der Waals surface area contributed by atoms with E-state index in [4.69, 9.17) is 5.73 Å². The number of carbonyl (C=O) groups is 2. The summed E-state index contributed by atoms with van der Waals surface area (Å²) in [6.07, 6.45) is 1.59. The first-order valence-electron chi connectivity index (χ1n) is 11.0. The number of carbonyl (C=O) groups excluding carboxylic acids is 2. The van der Waals surface area contributed by atoms with E-state index in [1.54, 1.807) is 44.3 Å². The van der Waals surface area contributed by atoms with Crippen LogP contribution in [0.25, 0.3) is 0 Å². The number of nitrogens with zero attached hydrogens (tertiary/aromatic N) is 2. The van der Waals surface area contributed by atoms with Crippen molar-refractivity contribution in [3.8, 4) is 0 Å². The van der Waals surface area contributed by atoms with Crippen LogP contribution in [-0.2, 0) is 10.2 Å². The summed E-state index contributed by atoms with van der Waals surface area (Å²) in [4.78, 5) is 24.3. The smallest absolute Gasteiger partial charge is 0.365 e. The average molecular weight is 466 g/mol. The van der Waals surface area contributed by atoms with Crippen molar-refractivity contribution in [2.75, 3.05) is 11.9 Å². The predicted molar refractivity (Wildman–Crippen MR) is 119 cm³/mol. The fourth-order valence-corrected chi connectivity index (χ4v) is 4.16. The van der Waals surface area contributed by atoms with Crippen LogP contribution in [0, 0.1) is 5.92 Å². The molecule has 1 saturated carbocycles. The minimum atomic E-state index is -4.48. The van der Waals surface area contributed by atoms with E-state index in [9.17, 15) is 22.8 Å². The molecule has 0 radical (unpaired) electrons. The lowest BCUT2D eigenvalue weighted by molar-refractivity contribution is -0.141. The Kier molecular flexibility index (Phi) is 7.04. The molecule has 1 aromatic heterocycles. The van der Waals surface area contributed by atoms with Gasteiger partial charge < -0.3 is 16.4 Å². The lowest BCUT2D eigenvalue weighted by Crippen LogP contribution is -2.43. The van der Waals surface area contributed by atoms with Crippen LogP contribution in [-0.4, -0.2) is 34.3 Å². The monoisotopic (exact) mass is 465 g/mol. The number of halogens is 3. The normalized spacial score (nSPS) is 19.2. The highest BCUT2D eigenvalue weighted by Gasteiger charge is 2.34. The molecule has 2 atom stereocenters. The van der Waals surface area contributed by atoms with Crippen LogP contribution < -0.4 is 16.4 Å². The van der Waals surface area contributed by atoms with Gasteiger partial charge in [-0.1, -0.05) is 31.9 Å². The fourth-order valence-electron chi connectivity index (χ4n) is 4.16. The molecule has 1 aliphatic rings. The van der Waals surface area contributed by atoms with Gasteiger partial charge in [0.25, 0.3) is 5.91 Å². The second-order valence-corrected chi connectivity index (χ2v) is 9.19. The first-order chi connectivity index (χ1) is 15.4. The van der Waals surface area contributed by atoms with Crippen LogP contribution in [0.5, 0.6) is 0 Å². The predicted octanol–water partition coefficient (Wildman–Crippen LogP) is 4.43. The summed E-state index contributed by atoms with van der Waals surface area (Å²) in [5.74, 6) is -0.532. The second kappa shape index (κ2) is 9.44. The molecule has 4 N–H and O–H groups in total. The van der Waals surface area contributed by atoms with E-state index >= 15 is 0 Å². The highest BCUT2D eigenvalue weighted by atomic mass is 19.4. The molecule has 1 aliphatic carbocycles. The number of hydrogen-bond donors (Lipinski definition) is 3. The second-order valence-electron chi connectivity index (χ2n) is 9.19. The Hall–Kier alpha value is -3.04. The van der Waals surface area contributed by atoms with Gasteiger partial charge in [0.15, 0.2) is 5.82 Å². The molecule has 0 spiro atoms. The van der Waals surface area contributed by atoms with E-state index < -0.39 is 30.0 Å². The molecule has 0 bridgehead atoms. The number of hydrogen-bond acceptors (Lipinski definition) is 4. The fraction of sp³-hybridized carbons (Fsp3) is 0.522. The van der Waals surface area contributed by atoms with Crippen LogP contribution in [0.4, 0.5) is 24.7 Å². The maximum Gasteiger partial charge on any atom is 0.405 e. The van der Waals surface area contributed by atoms with Crippen LogP contribution in [0.15, 0.2) is 30.5 Å².